The average molecular weight is 478 g/mol. The second kappa shape index (κ2) is 9.17. The zero-order chi connectivity index (χ0) is 25.3. The third-order valence-electron chi connectivity index (χ3n) is 4.86. The molecule has 0 spiro atoms. The monoisotopic (exact) mass is 478 g/mol. The zero-order valence-electron chi connectivity index (χ0n) is 16.9. The van der Waals surface area contributed by atoms with E-state index in [1.807, 2.05) is 0 Å². The van der Waals surface area contributed by atoms with E-state index in [2.05, 4.69) is 0 Å². The first-order chi connectivity index (χ1) is 15.9. The van der Waals surface area contributed by atoms with Crippen LogP contribution in [0.5, 0.6) is 34.5 Å². The first-order valence-electron chi connectivity index (χ1n) is 9.43. The number of aromatic hydroxyl groups is 5. The second-order valence-electron chi connectivity index (χ2n) is 7.22. The lowest BCUT2D eigenvalue weighted by Crippen LogP contribution is -2.43. The molecule has 0 aromatic heterocycles. The van der Waals surface area contributed by atoms with Crippen LogP contribution in [0.1, 0.15) is 27.1 Å². The maximum absolute atomic E-state index is 12.5. The number of hydrogen-bond acceptors (Lipinski definition) is 12. The maximum atomic E-state index is 12.5. The first-order valence-corrected chi connectivity index (χ1v) is 9.43. The molecule has 0 saturated carbocycles. The standard InChI is InChI=1S/C21H18O13/c22-10-2-8(3-11(23)16(10)26)20(31)34-15-6-9(4-13(25)18(15)28)21(32)33-14-5-7(19(29)30)1-12(24)17(14)27/h1-4,6,12,14,17,22-28H,5H2,(H,29,30)/t12-,14-,17+/m1/s1. The highest BCUT2D eigenvalue weighted by Crippen LogP contribution is 2.39. The van der Waals surface area contributed by atoms with Gasteiger partial charge >= 0.3 is 17.9 Å². The van der Waals surface area contributed by atoms with Gasteiger partial charge in [-0.25, -0.2) is 14.4 Å². The SMILES string of the molecule is O=C(O)C1=C[C@@H](O)[C@H](O)[C@H](OC(=O)c2cc(O)c(O)c(OC(=O)c3cc(O)c(O)c(O)c3)c2)C1. The summed E-state index contributed by atoms with van der Waals surface area (Å²) in [4.78, 5) is 36.0. The van der Waals surface area contributed by atoms with Crippen molar-refractivity contribution >= 4 is 17.9 Å². The minimum absolute atomic E-state index is 0.306. The smallest absolute Gasteiger partial charge is 0.343 e. The fourth-order valence-electron chi connectivity index (χ4n) is 3.08. The van der Waals surface area contributed by atoms with Crippen LogP contribution < -0.4 is 4.74 Å². The summed E-state index contributed by atoms with van der Waals surface area (Å²) in [7, 11) is 0. The van der Waals surface area contributed by atoms with Crippen molar-refractivity contribution < 1.29 is 64.7 Å². The van der Waals surface area contributed by atoms with Gasteiger partial charge in [-0.15, -0.1) is 0 Å². The molecule has 180 valence electrons. The van der Waals surface area contributed by atoms with E-state index in [0.717, 1.165) is 30.3 Å². The summed E-state index contributed by atoms with van der Waals surface area (Å²) in [6.45, 7) is 0. The number of carbonyl (C=O) groups excluding carboxylic acids is 2. The van der Waals surface area contributed by atoms with Crippen molar-refractivity contribution in [1.29, 1.82) is 0 Å². The molecule has 2 aromatic rings. The summed E-state index contributed by atoms with van der Waals surface area (Å²) in [5, 5.41) is 77.1. The van der Waals surface area contributed by atoms with Crippen molar-refractivity contribution in [2.24, 2.45) is 0 Å². The molecule has 13 nitrogen and oxygen atoms in total. The number of benzene rings is 2. The Hall–Kier alpha value is -4.49. The molecule has 8 N–H and O–H groups in total. The van der Waals surface area contributed by atoms with Gasteiger partial charge in [0.1, 0.15) is 18.3 Å². The maximum Gasteiger partial charge on any atom is 0.343 e. The van der Waals surface area contributed by atoms with E-state index in [4.69, 9.17) is 14.6 Å². The van der Waals surface area contributed by atoms with Crippen LogP contribution in [0.15, 0.2) is 35.9 Å². The van der Waals surface area contributed by atoms with Crippen LogP contribution in [-0.4, -0.2) is 77.1 Å². The van der Waals surface area contributed by atoms with Crippen molar-refractivity contribution in [1.82, 2.24) is 0 Å². The van der Waals surface area contributed by atoms with Gasteiger partial charge in [-0.2, -0.15) is 0 Å². The minimum atomic E-state index is -1.65. The topological polar surface area (TPSA) is 232 Å². The van der Waals surface area contributed by atoms with Gasteiger partial charge in [0.2, 0.25) is 5.75 Å². The number of rotatable bonds is 5. The van der Waals surface area contributed by atoms with Gasteiger partial charge in [0, 0.05) is 12.0 Å². The van der Waals surface area contributed by atoms with Gasteiger partial charge in [0.25, 0.3) is 0 Å². The van der Waals surface area contributed by atoms with Crippen LogP contribution in [0.3, 0.4) is 0 Å². The van der Waals surface area contributed by atoms with Gasteiger partial charge < -0.3 is 50.3 Å². The van der Waals surface area contributed by atoms with Crippen LogP contribution in [0.25, 0.3) is 0 Å². The van der Waals surface area contributed by atoms with E-state index < -0.39 is 88.3 Å². The molecule has 0 aliphatic heterocycles. The third kappa shape index (κ3) is 4.79. The first kappa shape index (κ1) is 24.2. The Morgan fingerprint density at radius 3 is 1.88 bits per heavy atom. The summed E-state index contributed by atoms with van der Waals surface area (Å²) in [5.41, 5.74) is -1.26. The molecule has 0 unspecified atom stereocenters. The van der Waals surface area contributed by atoms with E-state index in [9.17, 15) is 50.1 Å². The molecule has 0 amide bonds. The third-order valence-corrected chi connectivity index (χ3v) is 4.86. The Morgan fingerprint density at radius 2 is 1.32 bits per heavy atom. The molecule has 0 fully saturated rings. The van der Waals surface area contributed by atoms with Crippen LogP contribution in [-0.2, 0) is 9.53 Å². The van der Waals surface area contributed by atoms with Crippen molar-refractivity contribution in [2.45, 2.75) is 24.7 Å². The average Bonchev–Trinajstić information content (AvgIpc) is 2.77. The molecule has 1 aliphatic carbocycles. The summed E-state index contributed by atoms with van der Waals surface area (Å²) >= 11 is 0. The Morgan fingerprint density at radius 1 is 0.794 bits per heavy atom. The zero-order valence-corrected chi connectivity index (χ0v) is 16.9. The molecule has 13 heteroatoms. The minimum Gasteiger partial charge on any atom is -0.504 e. The molecule has 0 bridgehead atoms. The molecular weight excluding hydrogens is 460 g/mol. The van der Waals surface area contributed by atoms with E-state index in [-0.39, 0.29) is 5.57 Å². The highest BCUT2D eigenvalue weighted by Gasteiger charge is 2.36. The predicted octanol–water partition coefficient (Wildman–Crippen LogP) is 0.0957. The van der Waals surface area contributed by atoms with E-state index in [1.54, 1.807) is 0 Å². The second-order valence-corrected chi connectivity index (χ2v) is 7.22. The van der Waals surface area contributed by atoms with Gasteiger partial charge in [0.15, 0.2) is 28.7 Å². The number of aliphatic hydroxyl groups is 2. The number of carboxylic acids is 1. The highest BCUT2D eigenvalue weighted by atomic mass is 16.6. The quantitative estimate of drug-likeness (QED) is 0.162. The van der Waals surface area contributed by atoms with Crippen molar-refractivity contribution in [2.75, 3.05) is 0 Å². The number of carboxylic acid groups (broad SMARTS) is 1. The van der Waals surface area contributed by atoms with E-state index >= 15 is 0 Å². The summed E-state index contributed by atoms with van der Waals surface area (Å²) < 4.78 is 9.94. The highest BCUT2D eigenvalue weighted by molar-refractivity contribution is 5.95. The van der Waals surface area contributed by atoms with E-state index in [1.165, 1.54) is 0 Å². The number of carbonyl (C=O) groups is 3. The lowest BCUT2D eigenvalue weighted by Gasteiger charge is -2.29. The fourth-order valence-corrected chi connectivity index (χ4v) is 3.08. The Balaban J connectivity index is 1.84. The molecule has 3 rings (SSSR count). The molecule has 3 atom stereocenters. The van der Waals surface area contributed by atoms with Crippen LogP contribution in [0.4, 0.5) is 0 Å². The van der Waals surface area contributed by atoms with Crippen LogP contribution in [0.2, 0.25) is 0 Å². The number of aliphatic hydroxyl groups excluding tert-OH is 2. The van der Waals surface area contributed by atoms with Gasteiger partial charge in [0.05, 0.1) is 11.1 Å². The number of esters is 2. The summed E-state index contributed by atoms with van der Waals surface area (Å²) in [5.74, 6) is -9.08. The Labute approximate surface area is 189 Å². The number of ether oxygens (including phenoxy) is 2. The lowest BCUT2D eigenvalue weighted by molar-refractivity contribution is -0.134. The van der Waals surface area contributed by atoms with Crippen LogP contribution >= 0.6 is 0 Å². The Kier molecular flexibility index (Phi) is 6.51. The van der Waals surface area contributed by atoms with Crippen LogP contribution in [0, 0.1) is 0 Å². The van der Waals surface area contributed by atoms with Crippen molar-refractivity contribution in [3.63, 3.8) is 0 Å². The Bertz CT molecular complexity index is 1180. The number of aliphatic carboxylic acids is 1. The van der Waals surface area contributed by atoms with Gasteiger partial charge in [-0.3, -0.25) is 0 Å². The molecular formula is C21H18O13. The summed E-state index contributed by atoms with van der Waals surface area (Å²) in [6.07, 6.45) is -4.27. The normalized spacial score (nSPS) is 19.7. The van der Waals surface area contributed by atoms with Gasteiger partial charge in [-0.1, -0.05) is 0 Å². The van der Waals surface area contributed by atoms with Crippen molar-refractivity contribution in [3.05, 3.63) is 47.0 Å². The molecule has 34 heavy (non-hydrogen) atoms. The number of hydrogen-bond donors (Lipinski definition) is 8. The molecule has 1 aliphatic rings. The number of phenols is 5. The largest absolute Gasteiger partial charge is 0.504 e. The van der Waals surface area contributed by atoms with E-state index in [0.29, 0.717) is 0 Å². The molecule has 0 radical (unpaired) electrons. The molecule has 2 aromatic carbocycles. The number of phenolic OH excluding ortho intramolecular Hbond substituents is 5. The lowest BCUT2D eigenvalue weighted by atomic mass is 9.92. The predicted molar refractivity (Wildman–Crippen MR) is 108 cm³/mol. The molecule has 0 saturated heterocycles. The van der Waals surface area contributed by atoms with Gasteiger partial charge in [-0.05, 0) is 30.3 Å². The summed E-state index contributed by atoms with van der Waals surface area (Å²) in [6, 6.07) is 3.02. The fraction of sp³-hybridized carbons (Fsp3) is 0.190. The van der Waals surface area contributed by atoms with Crippen molar-refractivity contribution in [3.8, 4) is 34.5 Å². The molecule has 0 heterocycles.